The molecule has 18 rings (SSSR count). The fourth-order valence-electron chi connectivity index (χ4n) is 12.6. The third-order valence-corrected chi connectivity index (χ3v) is 17.4. The summed E-state index contributed by atoms with van der Waals surface area (Å²) in [5, 5.41) is 9.02. The highest BCUT2D eigenvalue weighted by Crippen LogP contribution is 2.36. The SMILES string of the molecule is Cc1nc2ccc3c(c2nc1-c1ccccc1)C=CC(C)(C)N3.Cc1nc2ccc3ncccc3c2nc1-c1ccc(-c2ccccc2)cc1.Cc1nc2ccc3ncccc3c2nc1-c1ccc(F)cc1.Cc1nc2ccc3ncccc3c2nc1-c1ccc2ccccc2c1. The summed E-state index contributed by atoms with van der Waals surface area (Å²) in [5.74, 6) is -0.259. The zero-order valence-corrected chi connectivity index (χ0v) is 54.2. The Morgan fingerprint density at radius 3 is 1.16 bits per heavy atom. The maximum absolute atomic E-state index is 13.1. The van der Waals surface area contributed by atoms with E-state index in [-0.39, 0.29) is 11.4 Å². The molecule has 0 fully saturated rings. The lowest BCUT2D eigenvalue weighted by Gasteiger charge is -2.29. The lowest BCUT2D eigenvalue weighted by atomic mass is 9.96. The molecule has 0 spiro atoms. The summed E-state index contributed by atoms with van der Waals surface area (Å²) in [5.41, 5.74) is 25.8. The van der Waals surface area contributed by atoms with E-state index in [0.717, 1.165) is 156 Å². The van der Waals surface area contributed by atoms with Crippen LogP contribution in [0.2, 0.25) is 0 Å². The Morgan fingerprint density at radius 2 is 0.670 bits per heavy atom. The highest BCUT2D eigenvalue weighted by Gasteiger charge is 2.23. The van der Waals surface area contributed by atoms with Gasteiger partial charge in [0.15, 0.2) is 0 Å². The number of halogens is 1. The van der Waals surface area contributed by atoms with Gasteiger partial charge in [0, 0.05) is 68.3 Å². The molecule has 13 heteroatoms. The molecule has 10 aromatic carbocycles. The molecule has 1 aliphatic heterocycles. The molecule has 0 unspecified atom stereocenters. The number of hydrogen-bond acceptors (Lipinski definition) is 12. The van der Waals surface area contributed by atoms with Crippen molar-refractivity contribution in [2.45, 2.75) is 47.1 Å². The van der Waals surface area contributed by atoms with E-state index < -0.39 is 0 Å². The standard InChI is InChI=1S/C24H17N3.C22H15N3.C20H19N3.C18H12FN3/c1-16-23(19-11-9-18(10-12-19)17-6-3-2-4-7-17)27-24-20-8-5-15-25-21(20)13-14-22(24)26-16;1-14-21(17-9-8-15-5-2-3-6-16(15)13-17)25-22-18-7-4-12-23-19(18)10-11-20(22)24-14;1-13-18(14-7-5-4-6-8-14)22-19-15-11-12-20(2,3)23-16(15)9-10-17(19)21-13;1-11-17(12-4-6-13(19)7-5-12)22-18-14-3-2-10-20-15(14)8-9-16(18)21-11/h2-15H,1H3;2-13H,1H3;4-12,23H,1-3H3;2-10H,1H3. The average Bonchev–Trinajstić information content (AvgIpc) is 0.801. The molecule has 17 aromatic rings. The Labute approximate surface area is 559 Å². The van der Waals surface area contributed by atoms with Gasteiger partial charge in [0.25, 0.3) is 0 Å². The number of aromatic nitrogens is 11. The number of benzene rings is 10. The van der Waals surface area contributed by atoms with Crippen LogP contribution < -0.4 is 5.32 Å². The molecular formula is C84H63FN12. The molecule has 0 radical (unpaired) electrons. The van der Waals surface area contributed by atoms with Crippen LogP contribution in [0.3, 0.4) is 0 Å². The number of nitrogens with one attached hydrogen (secondary N) is 1. The number of fused-ring (bicyclic) bond motifs is 13. The molecule has 1 aliphatic rings. The van der Waals surface area contributed by atoms with E-state index in [9.17, 15) is 4.39 Å². The second-order valence-electron chi connectivity index (χ2n) is 24.6. The Hall–Kier alpha value is -12.5. The van der Waals surface area contributed by atoms with Crippen molar-refractivity contribution in [2.75, 3.05) is 5.32 Å². The maximum Gasteiger partial charge on any atom is 0.123 e. The second kappa shape index (κ2) is 25.8. The number of nitrogens with zero attached hydrogens (tertiary/aromatic N) is 11. The Morgan fingerprint density at radius 1 is 0.309 bits per heavy atom. The van der Waals surface area contributed by atoms with Crippen LogP contribution >= 0.6 is 0 Å². The minimum absolute atomic E-state index is 0.0406. The fraction of sp³-hybridized carbons (Fsp3) is 0.0833. The van der Waals surface area contributed by atoms with Gasteiger partial charge in [-0.2, -0.15) is 0 Å². The number of anilines is 1. The summed E-state index contributed by atoms with van der Waals surface area (Å²) in [6, 6.07) is 78.2. The van der Waals surface area contributed by atoms with Gasteiger partial charge in [-0.25, -0.2) is 44.3 Å². The third kappa shape index (κ3) is 12.4. The predicted octanol–water partition coefficient (Wildman–Crippen LogP) is 20.2. The van der Waals surface area contributed by atoms with Gasteiger partial charge in [0.05, 0.1) is 112 Å². The molecule has 97 heavy (non-hydrogen) atoms. The Balaban J connectivity index is 0.000000106. The van der Waals surface area contributed by atoms with Gasteiger partial charge in [0.2, 0.25) is 0 Å². The molecule has 0 amide bonds. The number of aryl methyl sites for hydroxylation is 4. The summed E-state index contributed by atoms with van der Waals surface area (Å²) >= 11 is 0. The minimum Gasteiger partial charge on any atom is -0.376 e. The van der Waals surface area contributed by atoms with Crippen LogP contribution in [-0.2, 0) is 0 Å². The van der Waals surface area contributed by atoms with Crippen LogP contribution in [0.5, 0.6) is 0 Å². The summed E-state index contributed by atoms with van der Waals surface area (Å²) in [4.78, 5) is 51.9. The first kappa shape index (κ1) is 60.7. The monoisotopic (exact) mass is 1260 g/mol. The van der Waals surface area contributed by atoms with Crippen molar-refractivity contribution in [3.8, 4) is 56.2 Å². The van der Waals surface area contributed by atoms with Crippen molar-refractivity contribution in [2.24, 2.45) is 0 Å². The average molecular weight is 1260 g/mol. The topological polar surface area (TPSA) is 154 Å². The van der Waals surface area contributed by atoms with Crippen molar-refractivity contribution in [1.82, 2.24) is 54.8 Å². The van der Waals surface area contributed by atoms with E-state index in [1.54, 1.807) is 30.7 Å². The lowest BCUT2D eigenvalue weighted by molar-refractivity contribution is 0.628. The highest BCUT2D eigenvalue weighted by molar-refractivity contribution is 6.05. The first-order valence-corrected chi connectivity index (χ1v) is 32.2. The molecule has 466 valence electrons. The maximum atomic E-state index is 13.1. The summed E-state index contributed by atoms with van der Waals surface area (Å²) in [6.45, 7) is 12.3. The van der Waals surface area contributed by atoms with Gasteiger partial charge >= 0.3 is 0 Å². The van der Waals surface area contributed by atoms with Gasteiger partial charge in [-0.05, 0) is 179 Å². The predicted molar refractivity (Wildman–Crippen MR) is 394 cm³/mol. The normalized spacial score (nSPS) is 12.2. The van der Waals surface area contributed by atoms with E-state index in [0.29, 0.717) is 0 Å². The van der Waals surface area contributed by atoms with Crippen molar-refractivity contribution in [1.29, 1.82) is 0 Å². The molecule has 0 saturated carbocycles. The zero-order chi connectivity index (χ0) is 66.2. The van der Waals surface area contributed by atoms with Crippen molar-refractivity contribution >= 4 is 99.4 Å². The largest absolute Gasteiger partial charge is 0.376 e. The van der Waals surface area contributed by atoms with Gasteiger partial charge in [0.1, 0.15) is 5.82 Å². The molecule has 0 bridgehead atoms. The zero-order valence-electron chi connectivity index (χ0n) is 54.2. The van der Waals surface area contributed by atoms with Crippen LogP contribution in [0.4, 0.5) is 10.1 Å². The van der Waals surface area contributed by atoms with Gasteiger partial charge in [-0.1, -0.05) is 133 Å². The molecule has 7 aromatic heterocycles. The smallest absolute Gasteiger partial charge is 0.123 e. The van der Waals surface area contributed by atoms with Crippen LogP contribution in [0, 0.1) is 33.5 Å². The van der Waals surface area contributed by atoms with Crippen LogP contribution in [0.15, 0.2) is 261 Å². The van der Waals surface area contributed by atoms with Gasteiger partial charge < -0.3 is 5.32 Å². The van der Waals surface area contributed by atoms with E-state index >= 15 is 0 Å². The van der Waals surface area contributed by atoms with E-state index in [2.05, 4.69) is 173 Å². The first-order valence-electron chi connectivity index (χ1n) is 32.2. The van der Waals surface area contributed by atoms with Crippen molar-refractivity contribution in [3.05, 3.63) is 295 Å². The lowest BCUT2D eigenvalue weighted by Crippen LogP contribution is -2.30. The van der Waals surface area contributed by atoms with E-state index in [1.165, 1.54) is 34.0 Å². The number of rotatable bonds is 5. The van der Waals surface area contributed by atoms with Crippen LogP contribution in [-0.4, -0.2) is 60.4 Å². The van der Waals surface area contributed by atoms with Gasteiger partial charge in [-0.15, -0.1) is 0 Å². The molecule has 12 nitrogen and oxygen atoms in total. The van der Waals surface area contributed by atoms with E-state index in [1.807, 2.05) is 119 Å². The molecule has 0 atom stereocenters. The number of pyridine rings is 3. The third-order valence-electron chi connectivity index (χ3n) is 17.4. The summed E-state index contributed by atoms with van der Waals surface area (Å²) in [6.07, 6.45) is 9.71. The second-order valence-corrected chi connectivity index (χ2v) is 24.6. The quantitative estimate of drug-likeness (QED) is 0.163. The number of hydrogen-bond donors (Lipinski definition) is 1. The minimum atomic E-state index is -0.259. The summed E-state index contributed by atoms with van der Waals surface area (Å²) in [7, 11) is 0. The van der Waals surface area contributed by atoms with Crippen LogP contribution in [0.25, 0.3) is 150 Å². The fourth-order valence-corrected chi connectivity index (χ4v) is 12.6. The molecule has 0 aliphatic carbocycles. The highest BCUT2D eigenvalue weighted by atomic mass is 19.1. The first-order chi connectivity index (χ1) is 47.3. The van der Waals surface area contributed by atoms with Crippen molar-refractivity contribution in [3.63, 3.8) is 0 Å². The van der Waals surface area contributed by atoms with Gasteiger partial charge in [-0.3, -0.25) is 15.0 Å². The molecule has 8 heterocycles. The van der Waals surface area contributed by atoms with Crippen molar-refractivity contribution < 1.29 is 4.39 Å². The van der Waals surface area contributed by atoms with Crippen LogP contribution in [0.1, 0.15) is 42.2 Å². The Bertz CT molecular complexity index is 5890. The molecular weight excluding hydrogens is 1200 g/mol. The molecule has 0 saturated heterocycles. The summed E-state index contributed by atoms with van der Waals surface area (Å²) < 4.78 is 13.1. The molecule has 1 N–H and O–H groups in total. The van der Waals surface area contributed by atoms with E-state index in [4.69, 9.17) is 34.9 Å². The Kier molecular flexibility index (Phi) is 16.1.